The highest BCUT2D eigenvalue weighted by Crippen LogP contribution is 2.44. The summed E-state index contributed by atoms with van der Waals surface area (Å²) in [6.07, 6.45) is 0.767. The highest BCUT2D eigenvalue weighted by Gasteiger charge is 2.29. The second-order valence-electron chi connectivity index (χ2n) is 9.85. The molecule has 0 saturated carbocycles. The van der Waals surface area contributed by atoms with E-state index in [2.05, 4.69) is 34.9 Å². The first-order chi connectivity index (χ1) is 17.4. The van der Waals surface area contributed by atoms with Gasteiger partial charge >= 0.3 is 6.09 Å². The Morgan fingerprint density at radius 3 is 2.06 bits per heavy atom. The van der Waals surface area contributed by atoms with Gasteiger partial charge in [0, 0.05) is 18.5 Å². The summed E-state index contributed by atoms with van der Waals surface area (Å²) in [6, 6.07) is 25.8. The molecule has 3 aromatic rings. The van der Waals surface area contributed by atoms with E-state index in [0.29, 0.717) is 25.3 Å². The Morgan fingerprint density at radius 2 is 1.47 bits per heavy atom. The minimum atomic E-state index is -0.473. The van der Waals surface area contributed by atoms with Crippen LogP contribution in [0, 0.1) is 5.92 Å². The molecule has 6 heteroatoms. The minimum absolute atomic E-state index is 0.000804. The molecule has 4 rings (SSSR count). The van der Waals surface area contributed by atoms with Crippen LogP contribution in [0.4, 0.5) is 4.79 Å². The van der Waals surface area contributed by atoms with Gasteiger partial charge in [-0.05, 0) is 46.6 Å². The zero-order valence-corrected chi connectivity index (χ0v) is 20.9. The Labute approximate surface area is 213 Å². The predicted molar refractivity (Wildman–Crippen MR) is 143 cm³/mol. The molecule has 0 saturated heterocycles. The van der Waals surface area contributed by atoms with Crippen LogP contribution in [0.1, 0.15) is 42.9 Å². The molecule has 0 fully saturated rings. The Hall–Kier alpha value is -3.64. The quantitative estimate of drug-likeness (QED) is 0.369. The third kappa shape index (κ3) is 6.32. The van der Waals surface area contributed by atoms with Crippen molar-refractivity contribution >= 4 is 12.0 Å². The van der Waals surface area contributed by atoms with Gasteiger partial charge in [-0.25, -0.2) is 4.79 Å². The maximum absolute atomic E-state index is 12.9. The van der Waals surface area contributed by atoms with Gasteiger partial charge in [-0.15, -0.1) is 0 Å². The number of hydrogen-bond acceptors (Lipinski definition) is 4. The van der Waals surface area contributed by atoms with Crippen LogP contribution in [0.15, 0.2) is 78.9 Å². The van der Waals surface area contributed by atoms with Crippen LogP contribution in [0.5, 0.6) is 0 Å². The fourth-order valence-corrected chi connectivity index (χ4v) is 4.94. The van der Waals surface area contributed by atoms with Gasteiger partial charge in [0.2, 0.25) is 5.91 Å². The lowest BCUT2D eigenvalue weighted by molar-refractivity contribution is -0.120. The molecular formula is C30H35N3O3. The van der Waals surface area contributed by atoms with E-state index in [1.165, 1.54) is 22.3 Å². The predicted octanol–water partition coefficient (Wildman–Crippen LogP) is 4.63. The van der Waals surface area contributed by atoms with E-state index in [9.17, 15) is 9.59 Å². The number of alkyl carbamates (subject to hydrolysis) is 1. The average Bonchev–Trinajstić information content (AvgIpc) is 3.19. The van der Waals surface area contributed by atoms with Gasteiger partial charge in [0.25, 0.3) is 0 Å². The smallest absolute Gasteiger partial charge is 0.407 e. The van der Waals surface area contributed by atoms with Crippen molar-refractivity contribution in [3.8, 4) is 11.1 Å². The van der Waals surface area contributed by atoms with E-state index >= 15 is 0 Å². The number of primary amides is 1. The fourth-order valence-electron chi connectivity index (χ4n) is 4.94. The molecule has 0 aliphatic heterocycles. The molecule has 36 heavy (non-hydrogen) atoms. The van der Waals surface area contributed by atoms with Crippen LogP contribution >= 0.6 is 0 Å². The molecule has 6 nitrogen and oxygen atoms in total. The monoisotopic (exact) mass is 485 g/mol. The molecule has 1 aliphatic carbocycles. The van der Waals surface area contributed by atoms with Gasteiger partial charge in [0.15, 0.2) is 0 Å². The molecule has 4 N–H and O–H groups in total. The molecule has 2 amide bonds. The summed E-state index contributed by atoms with van der Waals surface area (Å²) in [5, 5.41) is 6.26. The topological polar surface area (TPSA) is 93.4 Å². The van der Waals surface area contributed by atoms with Crippen molar-refractivity contribution in [2.75, 3.05) is 13.2 Å². The number of carbonyl (C=O) groups excluding carboxylic acids is 2. The van der Waals surface area contributed by atoms with Gasteiger partial charge in [-0.1, -0.05) is 92.7 Å². The van der Waals surface area contributed by atoms with Crippen molar-refractivity contribution in [2.45, 2.75) is 44.7 Å². The molecule has 0 spiro atoms. The molecule has 0 heterocycles. The number of ether oxygens (including phenoxy) is 1. The molecule has 1 aliphatic rings. The Balaban J connectivity index is 1.42. The number of fused-ring (bicyclic) bond motifs is 3. The molecule has 188 valence electrons. The van der Waals surface area contributed by atoms with Crippen molar-refractivity contribution in [2.24, 2.45) is 11.7 Å². The van der Waals surface area contributed by atoms with Crippen molar-refractivity contribution in [1.82, 2.24) is 10.6 Å². The van der Waals surface area contributed by atoms with Crippen molar-refractivity contribution in [3.63, 3.8) is 0 Å². The zero-order chi connectivity index (χ0) is 25.5. The molecule has 3 aromatic carbocycles. The first-order valence-corrected chi connectivity index (χ1v) is 12.6. The molecule has 0 unspecified atom stereocenters. The number of carbonyl (C=O) groups is 2. The van der Waals surface area contributed by atoms with Crippen LogP contribution in [0.25, 0.3) is 11.1 Å². The summed E-state index contributed by atoms with van der Waals surface area (Å²) in [4.78, 5) is 24.9. The number of amides is 2. The fraction of sp³-hybridized carbons (Fsp3) is 0.333. The maximum atomic E-state index is 12.9. The van der Waals surface area contributed by atoms with Crippen molar-refractivity contribution in [3.05, 3.63) is 95.6 Å². The van der Waals surface area contributed by atoms with E-state index in [0.717, 1.165) is 5.56 Å². The lowest BCUT2D eigenvalue weighted by atomic mass is 9.98. The Kier molecular flexibility index (Phi) is 8.39. The van der Waals surface area contributed by atoms with Crippen LogP contribution in [0.3, 0.4) is 0 Å². The summed E-state index contributed by atoms with van der Waals surface area (Å²) in [5.74, 6) is -0.0694. The standard InChI is InChI=1S/C30H35N3O3/c1-20(2)16-28(29(31)34)32-18-22(17-21-10-4-3-5-11-21)33-30(35)36-19-27-25-14-8-6-12-23(25)24-13-7-9-15-26(24)27/h3-15,20,22,27-28,32H,16-19H2,1-2H3,(H2,31,34)(H,33,35)/t22-,28-/m0/s1. The third-order valence-corrected chi connectivity index (χ3v) is 6.65. The molecule has 0 aromatic heterocycles. The first kappa shape index (κ1) is 25.5. The number of hydrogen-bond donors (Lipinski definition) is 3. The van der Waals surface area contributed by atoms with Crippen LogP contribution in [-0.4, -0.2) is 37.2 Å². The average molecular weight is 486 g/mol. The Bertz CT molecular complexity index is 1130. The van der Waals surface area contributed by atoms with E-state index in [1.807, 2.05) is 68.4 Å². The molecule has 0 bridgehead atoms. The van der Waals surface area contributed by atoms with E-state index in [-0.39, 0.29) is 24.5 Å². The van der Waals surface area contributed by atoms with Gasteiger partial charge in [-0.2, -0.15) is 0 Å². The highest BCUT2D eigenvalue weighted by molar-refractivity contribution is 5.80. The molecule has 0 radical (unpaired) electrons. The second-order valence-corrected chi connectivity index (χ2v) is 9.85. The van der Waals surface area contributed by atoms with Crippen LogP contribution in [-0.2, 0) is 16.0 Å². The third-order valence-electron chi connectivity index (χ3n) is 6.65. The number of nitrogens with two attached hydrogens (primary N) is 1. The van der Waals surface area contributed by atoms with Gasteiger partial charge in [-0.3, -0.25) is 4.79 Å². The van der Waals surface area contributed by atoms with Gasteiger partial charge in [0.05, 0.1) is 6.04 Å². The van der Waals surface area contributed by atoms with E-state index in [4.69, 9.17) is 10.5 Å². The number of rotatable bonds is 11. The molecular weight excluding hydrogens is 450 g/mol. The summed E-state index contributed by atoms with van der Waals surface area (Å²) in [7, 11) is 0. The summed E-state index contributed by atoms with van der Waals surface area (Å²) in [5.41, 5.74) is 11.4. The summed E-state index contributed by atoms with van der Waals surface area (Å²) >= 11 is 0. The van der Waals surface area contributed by atoms with Crippen LogP contribution < -0.4 is 16.4 Å². The maximum Gasteiger partial charge on any atom is 0.407 e. The van der Waals surface area contributed by atoms with Crippen molar-refractivity contribution < 1.29 is 14.3 Å². The second kappa shape index (κ2) is 11.9. The zero-order valence-electron chi connectivity index (χ0n) is 20.9. The lowest BCUT2D eigenvalue weighted by Gasteiger charge is -2.24. The normalized spacial score (nSPS) is 14.1. The Morgan fingerprint density at radius 1 is 0.889 bits per heavy atom. The SMILES string of the molecule is CC(C)C[C@H](NC[C@H](Cc1ccccc1)NC(=O)OCC1c2ccccc2-c2ccccc21)C(N)=O. The largest absolute Gasteiger partial charge is 0.449 e. The first-order valence-electron chi connectivity index (χ1n) is 12.6. The van der Waals surface area contributed by atoms with Gasteiger partial charge < -0.3 is 21.1 Å². The van der Waals surface area contributed by atoms with Gasteiger partial charge in [0.1, 0.15) is 6.61 Å². The number of nitrogens with one attached hydrogen (secondary N) is 2. The minimum Gasteiger partial charge on any atom is -0.449 e. The molecule has 2 atom stereocenters. The summed E-state index contributed by atoms with van der Waals surface area (Å²) in [6.45, 7) is 4.75. The van der Waals surface area contributed by atoms with E-state index in [1.54, 1.807) is 0 Å². The number of benzene rings is 3. The lowest BCUT2D eigenvalue weighted by Crippen LogP contribution is -2.50. The van der Waals surface area contributed by atoms with Crippen LogP contribution in [0.2, 0.25) is 0 Å². The van der Waals surface area contributed by atoms with E-state index < -0.39 is 12.1 Å². The van der Waals surface area contributed by atoms with Crippen molar-refractivity contribution in [1.29, 1.82) is 0 Å². The highest BCUT2D eigenvalue weighted by atomic mass is 16.5. The summed E-state index contributed by atoms with van der Waals surface area (Å²) < 4.78 is 5.76.